The molecule has 1 heterocycles. The van der Waals surface area contributed by atoms with Crippen molar-refractivity contribution in [2.45, 2.75) is 19.4 Å². The van der Waals surface area contributed by atoms with Crippen LogP contribution in [0.25, 0.3) is 0 Å². The second kappa shape index (κ2) is 6.15. The van der Waals surface area contributed by atoms with Gasteiger partial charge in [-0.05, 0) is 18.9 Å². The summed E-state index contributed by atoms with van der Waals surface area (Å²) in [5.74, 6) is 0. The van der Waals surface area contributed by atoms with Gasteiger partial charge in [-0.3, -0.25) is 4.90 Å². The van der Waals surface area contributed by atoms with E-state index in [1.165, 1.54) is 11.1 Å². The summed E-state index contributed by atoms with van der Waals surface area (Å²) in [5.41, 5.74) is 2.61. The molecule has 0 radical (unpaired) electrons. The second-order valence-electron chi connectivity index (χ2n) is 4.72. The van der Waals surface area contributed by atoms with Gasteiger partial charge in [0.25, 0.3) is 0 Å². The first-order valence-electron chi connectivity index (χ1n) is 6.43. The lowest BCUT2D eigenvalue weighted by atomic mass is 10.0. The molecule has 0 amide bonds. The Morgan fingerprint density at radius 3 is 2.47 bits per heavy atom. The first kappa shape index (κ1) is 12.6. The van der Waals surface area contributed by atoms with Crippen molar-refractivity contribution in [3.63, 3.8) is 0 Å². The maximum atomic E-state index is 9.24. The van der Waals surface area contributed by atoms with E-state index < -0.39 is 0 Å². The summed E-state index contributed by atoms with van der Waals surface area (Å²) in [6.07, 6.45) is 0.822. The van der Waals surface area contributed by atoms with E-state index in [0.717, 1.165) is 32.6 Å². The molecule has 3 nitrogen and oxygen atoms in total. The Bertz CT molecular complexity index is 331. The van der Waals surface area contributed by atoms with Crippen molar-refractivity contribution in [1.82, 2.24) is 10.2 Å². The average Bonchev–Trinajstić information content (AvgIpc) is 2.38. The van der Waals surface area contributed by atoms with Gasteiger partial charge in [-0.2, -0.15) is 0 Å². The number of benzene rings is 1. The molecule has 94 valence electrons. The fourth-order valence-corrected chi connectivity index (χ4v) is 2.46. The summed E-state index contributed by atoms with van der Waals surface area (Å²) in [6, 6.07) is 9.06. The predicted molar refractivity (Wildman–Crippen MR) is 70.1 cm³/mol. The van der Waals surface area contributed by atoms with E-state index in [2.05, 4.69) is 41.4 Å². The van der Waals surface area contributed by atoms with Gasteiger partial charge in [-0.15, -0.1) is 0 Å². The van der Waals surface area contributed by atoms with Crippen LogP contribution in [0, 0.1) is 6.92 Å². The van der Waals surface area contributed by atoms with E-state index in [0.29, 0.717) is 6.04 Å². The van der Waals surface area contributed by atoms with E-state index in [1.54, 1.807) is 0 Å². The number of rotatable bonds is 4. The summed E-state index contributed by atoms with van der Waals surface area (Å²) in [7, 11) is 0. The molecule has 1 aromatic rings. The van der Waals surface area contributed by atoms with Crippen LogP contribution in [0.1, 0.15) is 23.6 Å². The molecular weight excluding hydrogens is 212 g/mol. The Morgan fingerprint density at radius 1 is 1.24 bits per heavy atom. The van der Waals surface area contributed by atoms with Crippen molar-refractivity contribution in [2.75, 3.05) is 32.8 Å². The average molecular weight is 234 g/mol. The number of hydrogen-bond donors (Lipinski definition) is 2. The van der Waals surface area contributed by atoms with Crippen molar-refractivity contribution in [3.8, 4) is 0 Å². The van der Waals surface area contributed by atoms with E-state index in [1.807, 2.05) is 0 Å². The molecule has 1 atom stereocenters. The van der Waals surface area contributed by atoms with Crippen LogP contribution >= 0.6 is 0 Å². The number of nitrogens with zero attached hydrogens (tertiary/aromatic N) is 1. The second-order valence-corrected chi connectivity index (χ2v) is 4.72. The lowest BCUT2D eigenvalue weighted by Crippen LogP contribution is -2.45. The number of aliphatic hydroxyl groups is 1. The van der Waals surface area contributed by atoms with Gasteiger partial charge in [0.05, 0.1) is 0 Å². The lowest BCUT2D eigenvalue weighted by molar-refractivity contribution is 0.141. The van der Waals surface area contributed by atoms with Crippen molar-refractivity contribution >= 4 is 0 Å². The molecule has 2 N–H and O–H groups in total. The smallest absolute Gasteiger partial charge is 0.0449 e. The van der Waals surface area contributed by atoms with Crippen LogP contribution in [0.3, 0.4) is 0 Å². The molecule has 3 heteroatoms. The number of hydrogen-bond acceptors (Lipinski definition) is 3. The molecule has 0 saturated carbocycles. The van der Waals surface area contributed by atoms with Crippen LogP contribution in [0.5, 0.6) is 0 Å². The molecule has 2 rings (SSSR count). The van der Waals surface area contributed by atoms with Gasteiger partial charge in [0, 0.05) is 38.8 Å². The van der Waals surface area contributed by atoms with Crippen LogP contribution in [-0.2, 0) is 0 Å². The molecule has 0 aliphatic carbocycles. The van der Waals surface area contributed by atoms with Gasteiger partial charge < -0.3 is 10.4 Å². The SMILES string of the molecule is Cc1ccc([C@@H](CCO)N2CCNCC2)cc1. The fraction of sp³-hybridized carbons (Fsp3) is 0.571. The van der Waals surface area contributed by atoms with Gasteiger partial charge >= 0.3 is 0 Å². The van der Waals surface area contributed by atoms with Crippen molar-refractivity contribution in [3.05, 3.63) is 35.4 Å². The number of piperazine rings is 1. The Labute approximate surface area is 103 Å². The summed E-state index contributed by atoms with van der Waals surface area (Å²) in [6.45, 7) is 6.59. The van der Waals surface area contributed by atoms with Crippen LogP contribution in [-0.4, -0.2) is 42.8 Å². The highest BCUT2D eigenvalue weighted by atomic mass is 16.3. The van der Waals surface area contributed by atoms with Crippen molar-refractivity contribution in [2.24, 2.45) is 0 Å². The Morgan fingerprint density at radius 2 is 1.88 bits per heavy atom. The Balaban J connectivity index is 2.12. The third-order valence-corrected chi connectivity index (χ3v) is 3.46. The molecule has 0 spiro atoms. The summed E-state index contributed by atoms with van der Waals surface area (Å²) in [5, 5.41) is 12.6. The third-order valence-electron chi connectivity index (χ3n) is 3.46. The summed E-state index contributed by atoms with van der Waals surface area (Å²) >= 11 is 0. The van der Waals surface area contributed by atoms with Crippen LogP contribution in [0.2, 0.25) is 0 Å². The molecule has 1 saturated heterocycles. The normalized spacial score (nSPS) is 19.2. The molecule has 1 aliphatic rings. The minimum atomic E-state index is 0.252. The first-order valence-corrected chi connectivity index (χ1v) is 6.43. The Hall–Kier alpha value is -0.900. The maximum absolute atomic E-state index is 9.24. The van der Waals surface area contributed by atoms with E-state index in [-0.39, 0.29) is 6.61 Å². The van der Waals surface area contributed by atoms with Gasteiger partial charge in [-0.25, -0.2) is 0 Å². The highest BCUT2D eigenvalue weighted by Gasteiger charge is 2.21. The zero-order chi connectivity index (χ0) is 12.1. The van der Waals surface area contributed by atoms with Crippen LogP contribution in [0.4, 0.5) is 0 Å². The van der Waals surface area contributed by atoms with Gasteiger partial charge in [0.1, 0.15) is 0 Å². The highest BCUT2D eigenvalue weighted by molar-refractivity contribution is 5.24. The van der Waals surface area contributed by atoms with Gasteiger partial charge in [0.15, 0.2) is 0 Å². The fourth-order valence-electron chi connectivity index (χ4n) is 2.46. The largest absolute Gasteiger partial charge is 0.396 e. The quantitative estimate of drug-likeness (QED) is 0.825. The standard InChI is InChI=1S/C14H22N2O/c1-12-2-4-13(5-3-12)14(6-11-17)16-9-7-15-8-10-16/h2-5,14-15,17H,6-11H2,1H3/t14-/m1/s1. The number of aliphatic hydroxyl groups excluding tert-OH is 1. The number of aryl methyl sites for hydroxylation is 1. The zero-order valence-corrected chi connectivity index (χ0v) is 10.5. The predicted octanol–water partition coefficient (Wildman–Crippen LogP) is 1.32. The number of nitrogens with one attached hydrogen (secondary N) is 1. The molecule has 0 unspecified atom stereocenters. The first-order chi connectivity index (χ1) is 8.31. The topological polar surface area (TPSA) is 35.5 Å². The van der Waals surface area contributed by atoms with E-state index in [9.17, 15) is 5.11 Å². The lowest BCUT2D eigenvalue weighted by Gasteiger charge is -2.35. The third kappa shape index (κ3) is 3.28. The molecular formula is C14H22N2O. The van der Waals surface area contributed by atoms with Crippen molar-refractivity contribution in [1.29, 1.82) is 0 Å². The minimum Gasteiger partial charge on any atom is -0.396 e. The van der Waals surface area contributed by atoms with E-state index >= 15 is 0 Å². The molecule has 1 fully saturated rings. The van der Waals surface area contributed by atoms with Crippen LogP contribution in [0.15, 0.2) is 24.3 Å². The minimum absolute atomic E-state index is 0.252. The molecule has 1 aromatic carbocycles. The van der Waals surface area contributed by atoms with Crippen molar-refractivity contribution < 1.29 is 5.11 Å². The molecule has 0 aromatic heterocycles. The van der Waals surface area contributed by atoms with E-state index in [4.69, 9.17) is 0 Å². The summed E-state index contributed by atoms with van der Waals surface area (Å²) in [4.78, 5) is 2.47. The monoisotopic (exact) mass is 234 g/mol. The highest BCUT2D eigenvalue weighted by Crippen LogP contribution is 2.24. The zero-order valence-electron chi connectivity index (χ0n) is 10.5. The molecule has 0 bridgehead atoms. The Kier molecular flexibility index (Phi) is 4.54. The molecule has 1 aliphatic heterocycles. The summed E-state index contributed by atoms with van der Waals surface area (Å²) < 4.78 is 0. The molecule has 17 heavy (non-hydrogen) atoms. The van der Waals surface area contributed by atoms with Gasteiger partial charge in [-0.1, -0.05) is 29.8 Å². The van der Waals surface area contributed by atoms with Crippen LogP contribution < -0.4 is 5.32 Å². The van der Waals surface area contributed by atoms with Gasteiger partial charge in [0.2, 0.25) is 0 Å². The maximum Gasteiger partial charge on any atom is 0.0449 e.